The Morgan fingerprint density at radius 2 is 1.06 bits per heavy atom. The summed E-state index contributed by atoms with van der Waals surface area (Å²) < 4.78 is 12.9. The number of fused-ring (bicyclic) bond motifs is 1. The van der Waals surface area contributed by atoms with Crippen LogP contribution in [0.1, 0.15) is 45.2 Å². The molecule has 4 aromatic carbocycles. The van der Waals surface area contributed by atoms with Crippen LogP contribution >= 0.6 is 0 Å². The SMILES string of the molecule is OC[C@@H]1[C@@H]2c3ccccc3[C@@H](c3c2ccc(OCc2ccccc2)c3OCc2ccccc2)[C@@H]1CO. The fourth-order valence-corrected chi connectivity index (χ4v) is 6.20. The Balaban J connectivity index is 1.47. The molecule has 4 atom stereocenters. The highest BCUT2D eigenvalue weighted by atomic mass is 16.5. The van der Waals surface area contributed by atoms with Crippen LogP contribution in [0.4, 0.5) is 0 Å². The summed E-state index contributed by atoms with van der Waals surface area (Å²) in [6, 6.07) is 32.8. The van der Waals surface area contributed by atoms with E-state index in [1.807, 2.05) is 42.5 Å². The second kappa shape index (κ2) is 9.81. The molecule has 182 valence electrons. The number of ether oxygens (including phenoxy) is 2. The number of hydrogen-bond acceptors (Lipinski definition) is 4. The monoisotopic (exact) mass is 478 g/mol. The van der Waals surface area contributed by atoms with E-state index in [1.165, 1.54) is 11.1 Å². The maximum atomic E-state index is 10.5. The molecule has 0 aliphatic heterocycles. The standard InChI is InChI=1S/C32H30O4/c33-17-26-27(18-34)30-24-14-8-7-13-23(24)29(26)25-15-16-28(35-19-21-9-3-1-4-10-21)32(31(25)30)36-20-22-11-5-2-6-12-22/h1-16,26-27,29-30,33-34H,17-20H2/t26-,27+,29+,30+/m0/s1. The molecule has 0 fully saturated rings. The van der Waals surface area contributed by atoms with Crippen molar-refractivity contribution in [2.75, 3.05) is 13.2 Å². The molecule has 0 unspecified atom stereocenters. The second-order valence-electron chi connectivity index (χ2n) is 9.72. The lowest BCUT2D eigenvalue weighted by Gasteiger charge is -2.50. The predicted molar refractivity (Wildman–Crippen MR) is 139 cm³/mol. The van der Waals surface area contributed by atoms with Gasteiger partial charge in [0.1, 0.15) is 13.2 Å². The van der Waals surface area contributed by atoms with E-state index in [0.717, 1.165) is 28.0 Å². The minimum absolute atomic E-state index is 0.00518. The number of rotatable bonds is 8. The van der Waals surface area contributed by atoms with Crippen molar-refractivity contribution in [2.24, 2.45) is 11.8 Å². The maximum absolute atomic E-state index is 10.5. The minimum Gasteiger partial charge on any atom is -0.485 e. The van der Waals surface area contributed by atoms with Crippen molar-refractivity contribution in [2.45, 2.75) is 25.0 Å². The quantitative estimate of drug-likeness (QED) is 0.344. The van der Waals surface area contributed by atoms with Gasteiger partial charge in [0, 0.05) is 30.6 Å². The summed E-state index contributed by atoms with van der Waals surface area (Å²) in [6.07, 6.45) is 0. The molecular formula is C32H30O4. The topological polar surface area (TPSA) is 58.9 Å². The van der Waals surface area contributed by atoms with Gasteiger partial charge in [-0.2, -0.15) is 0 Å². The Hall–Kier alpha value is -3.60. The zero-order valence-corrected chi connectivity index (χ0v) is 20.1. The first-order valence-corrected chi connectivity index (χ1v) is 12.6. The summed E-state index contributed by atoms with van der Waals surface area (Å²) in [4.78, 5) is 0. The first-order valence-electron chi connectivity index (χ1n) is 12.6. The number of hydrogen-bond donors (Lipinski definition) is 2. The molecule has 0 radical (unpaired) electrons. The Morgan fingerprint density at radius 3 is 1.67 bits per heavy atom. The van der Waals surface area contributed by atoms with Crippen LogP contribution in [-0.2, 0) is 13.2 Å². The van der Waals surface area contributed by atoms with E-state index in [1.54, 1.807) is 0 Å². The average Bonchev–Trinajstić information content (AvgIpc) is 2.95. The summed E-state index contributed by atoms with van der Waals surface area (Å²) >= 11 is 0. The third-order valence-electron chi connectivity index (χ3n) is 7.80. The van der Waals surface area contributed by atoms with Crippen LogP contribution in [0.15, 0.2) is 97.1 Å². The molecule has 0 saturated carbocycles. The van der Waals surface area contributed by atoms with Crippen molar-refractivity contribution in [3.05, 3.63) is 130 Å². The van der Waals surface area contributed by atoms with Crippen LogP contribution < -0.4 is 9.47 Å². The van der Waals surface area contributed by atoms with Crippen molar-refractivity contribution in [1.29, 1.82) is 0 Å². The second-order valence-corrected chi connectivity index (χ2v) is 9.72. The van der Waals surface area contributed by atoms with Gasteiger partial charge in [-0.1, -0.05) is 91.0 Å². The van der Waals surface area contributed by atoms with Crippen molar-refractivity contribution in [3.8, 4) is 11.5 Å². The average molecular weight is 479 g/mol. The number of benzene rings is 4. The van der Waals surface area contributed by atoms with Gasteiger partial charge in [-0.05, 0) is 45.7 Å². The van der Waals surface area contributed by atoms with E-state index in [2.05, 4.69) is 54.6 Å². The Labute approximate surface area is 211 Å². The van der Waals surface area contributed by atoms with E-state index < -0.39 is 0 Å². The van der Waals surface area contributed by atoms with Crippen molar-refractivity contribution >= 4 is 0 Å². The van der Waals surface area contributed by atoms with Gasteiger partial charge in [0.25, 0.3) is 0 Å². The molecule has 2 bridgehead atoms. The third-order valence-corrected chi connectivity index (χ3v) is 7.80. The fraction of sp³-hybridized carbons (Fsp3) is 0.250. The third kappa shape index (κ3) is 3.87. The van der Waals surface area contributed by atoms with E-state index in [4.69, 9.17) is 9.47 Å². The first kappa shape index (κ1) is 22.8. The number of aliphatic hydroxyl groups excluding tert-OH is 2. The minimum atomic E-state index is -0.0918. The zero-order valence-electron chi connectivity index (χ0n) is 20.1. The molecule has 0 saturated heterocycles. The smallest absolute Gasteiger partial charge is 0.165 e. The molecule has 0 aromatic heterocycles. The van der Waals surface area contributed by atoms with Crippen LogP contribution in [0.3, 0.4) is 0 Å². The van der Waals surface area contributed by atoms with Gasteiger partial charge in [-0.25, -0.2) is 0 Å². The van der Waals surface area contributed by atoms with Gasteiger partial charge in [0.2, 0.25) is 0 Å². The van der Waals surface area contributed by atoms with Gasteiger partial charge in [-0.15, -0.1) is 0 Å². The molecule has 0 spiro atoms. The Kier molecular flexibility index (Phi) is 6.22. The highest BCUT2D eigenvalue weighted by Gasteiger charge is 2.50. The molecule has 2 N–H and O–H groups in total. The van der Waals surface area contributed by atoms with Gasteiger partial charge in [-0.3, -0.25) is 0 Å². The van der Waals surface area contributed by atoms with Crippen LogP contribution in [0, 0.1) is 11.8 Å². The molecule has 0 amide bonds. The molecule has 4 heteroatoms. The summed E-state index contributed by atoms with van der Waals surface area (Å²) in [5, 5.41) is 20.9. The van der Waals surface area contributed by atoms with Crippen molar-refractivity contribution < 1.29 is 19.7 Å². The summed E-state index contributed by atoms with van der Waals surface area (Å²) in [6.45, 7) is 0.903. The highest BCUT2D eigenvalue weighted by Crippen LogP contribution is 2.61. The molecule has 7 rings (SSSR count). The summed E-state index contributed by atoms with van der Waals surface area (Å²) in [5.74, 6) is 1.24. The zero-order chi connectivity index (χ0) is 24.5. The van der Waals surface area contributed by atoms with Crippen molar-refractivity contribution in [1.82, 2.24) is 0 Å². The summed E-state index contributed by atoms with van der Waals surface area (Å²) in [5.41, 5.74) is 6.87. The lowest BCUT2D eigenvalue weighted by atomic mass is 9.54. The van der Waals surface area contributed by atoms with Crippen LogP contribution in [0.2, 0.25) is 0 Å². The van der Waals surface area contributed by atoms with E-state index >= 15 is 0 Å². The normalized spacial score (nSPS) is 21.5. The molecule has 4 aromatic rings. The predicted octanol–water partition coefficient (Wildman–Crippen LogP) is 5.65. The van der Waals surface area contributed by atoms with E-state index in [0.29, 0.717) is 19.0 Å². The molecule has 3 aliphatic carbocycles. The van der Waals surface area contributed by atoms with E-state index in [-0.39, 0.29) is 36.9 Å². The Bertz CT molecular complexity index is 1340. The largest absolute Gasteiger partial charge is 0.485 e. The van der Waals surface area contributed by atoms with Crippen LogP contribution in [-0.4, -0.2) is 23.4 Å². The molecule has 4 nitrogen and oxygen atoms in total. The van der Waals surface area contributed by atoms with Gasteiger partial charge < -0.3 is 19.7 Å². The highest BCUT2D eigenvalue weighted by molar-refractivity contribution is 5.64. The lowest BCUT2D eigenvalue weighted by molar-refractivity contribution is 0.0792. The van der Waals surface area contributed by atoms with Gasteiger partial charge >= 0.3 is 0 Å². The number of aliphatic hydroxyl groups is 2. The fourth-order valence-electron chi connectivity index (χ4n) is 6.20. The van der Waals surface area contributed by atoms with Crippen LogP contribution in [0.5, 0.6) is 11.5 Å². The van der Waals surface area contributed by atoms with Gasteiger partial charge in [0.15, 0.2) is 11.5 Å². The first-order chi connectivity index (χ1) is 17.8. The van der Waals surface area contributed by atoms with E-state index in [9.17, 15) is 10.2 Å². The molecule has 3 aliphatic rings. The molecular weight excluding hydrogens is 448 g/mol. The van der Waals surface area contributed by atoms with Gasteiger partial charge in [0.05, 0.1) is 0 Å². The lowest BCUT2D eigenvalue weighted by Crippen LogP contribution is -2.43. The van der Waals surface area contributed by atoms with Crippen LogP contribution in [0.25, 0.3) is 0 Å². The van der Waals surface area contributed by atoms with Crippen molar-refractivity contribution in [3.63, 3.8) is 0 Å². The Morgan fingerprint density at radius 1 is 0.528 bits per heavy atom. The maximum Gasteiger partial charge on any atom is 0.165 e. The molecule has 0 heterocycles. The summed E-state index contributed by atoms with van der Waals surface area (Å²) in [7, 11) is 0. The molecule has 36 heavy (non-hydrogen) atoms.